The Hall–Kier alpha value is -3.48. The lowest BCUT2D eigenvalue weighted by atomic mass is 10.1. The molecule has 0 N–H and O–H groups in total. The van der Waals surface area contributed by atoms with Gasteiger partial charge < -0.3 is 9.64 Å². The molecule has 7 heteroatoms. The molecule has 1 aliphatic heterocycles. The molecule has 0 saturated heterocycles. The molecule has 0 spiro atoms. The highest BCUT2D eigenvalue weighted by molar-refractivity contribution is 5.97. The molecule has 0 bridgehead atoms. The van der Waals surface area contributed by atoms with Gasteiger partial charge in [-0.3, -0.25) is 14.2 Å². The number of aromatic nitrogens is 2. The van der Waals surface area contributed by atoms with Gasteiger partial charge in [0.1, 0.15) is 6.54 Å². The van der Waals surface area contributed by atoms with Gasteiger partial charge in [-0.2, -0.15) is 0 Å². The Balaban J connectivity index is 1.60. The smallest absolute Gasteiger partial charge is 0.337 e. The van der Waals surface area contributed by atoms with Crippen LogP contribution < -0.4 is 10.5 Å². The summed E-state index contributed by atoms with van der Waals surface area (Å²) >= 11 is 0. The zero-order valence-electron chi connectivity index (χ0n) is 14.7. The van der Waals surface area contributed by atoms with Gasteiger partial charge in [0.15, 0.2) is 0 Å². The van der Waals surface area contributed by atoms with E-state index < -0.39 is 5.97 Å². The van der Waals surface area contributed by atoms with Crippen LogP contribution in [0.4, 0.5) is 5.69 Å². The van der Waals surface area contributed by atoms with Gasteiger partial charge in [-0.1, -0.05) is 12.1 Å². The lowest BCUT2D eigenvalue weighted by Crippen LogP contribution is -2.35. The van der Waals surface area contributed by atoms with E-state index in [0.717, 1.165) is 11.3 Å². The van der Waals surface area contributed by atoms with Crippen molar-refractivity contribution in [2.24, 2.45) is 0 Å². The van der Waals surface area contributed by atoms with E-state index in [-0.39, 0.29) is 18.0 Å². The summed E-state index contributed by atoms with van der Waals surface area (Å²) in [6, 6.07) is 12.2. The molecule has 2 heterocycles. The van der Waals surface area contributed by atoms with Crippen LogP contribution in [0.15, 0.2) is 53.6 Å². The molecule has 136 valence electrons. The number of rotatable bonds is 3. The SMILES string of the molecule is COC(=O)c1ccc2c(c1)CCN2C(=O)Cn1cnc2ccccc2c1=O. The van der Waals surface area contributed by atoms with Gasteiger partial charge in [-0.25, -0.2) is 9.78 Å². The summed E-state index contributed by atoms with van der Waals surface area (Å²) in [5.41, 5.74) is 2.49. The molecule has 0 unspecified atom stereocenters. The fraction of sp³-hybridized carbons (Fsp3) is 0.200. The summed E-state index contributed by atoms with van der Waals surface area (Å²) < 4.78 is 6.06. The van der Waals surface area contributed by atoms with E-state index in [1.54, 1.807) is 41.3 Å². The lowest BCUT2D eigenvalue weighted by Gasteiger charge is -2.18. The molecule has 27 heavy (non-hydrogen) atoms. The van der Waals surface area contributed by atoms with Crippen LogP contribution in [0.3, 0.4) is 0 Å². The van der Waals surface area contributed by atoms with Crippen molar-refractivity contribution in [3.63, 3.8) is 0 Å². The summed E-state index contributed by atoms with van der Waals surface area (Å²) in [6.07, 6.45) is 2.05. The molecule has 0 atom stereocenters. The van der Waals surface area contributed by atoms with Crippen molar-refractivity contribution in [1.82, 2.24) is 9.55 Å². The Morgan fingerprint density at radius 1 is 1.19 bits per heavy atom. The van der Waals surface area contributed by atoms with E-state index in [9.17, 15) is 14.4 Å². The van der Waals surface area contributed by atoms with Crippen LogP contribution in [0.5, 0.6) is 0 Å². The summed E-state index contributed by atoms with van der Waals surface area (Å²) in [4.78, 5) is 42.9. The predicted molar refractivity (Wildman–Crippen MR) is 99.8 cm³/mol. The van der Waals surface area contributed by atoms with Crippen molar-refractivity contribution in [2.75, 3.05) is 18.6 Å². The monoisotopic (exact) mass is 363 g/mol. The maximum Gasteiger partial charge on any atom is 0.337 e. The van der Waals surface area contributed by atoms with Crippen molar-refractivity contribution in [3.8, 4) is 0 Å². The Bertz CT molecular complexity index is 1120. The van der Waals surface area contributed by atoms with Gasteiger partial charge in [0.25, 0.3) is 5.56 Å². The first-order chi connectivity index (χ1) is 13.1. The number of benzene rings is 2. The Morgan fingerprint density at radius 2 is 2.00 bits per heavy atom. The molecule has 1 aromatic heterocycles. The van der Waals surface area contributed by atoms with Crippen LogP contribution in [0.25, 0.3) is 10.9 Å². The fourth-order valence-corrected chi connectivity index (χ4v) is 3.36. The van der Waals surface area contributed by atoms with E-state index >= 15 is 0 Å². The number of esters is 1. The highest BCUT2D eigenvalue weighted by atomic mass is 16.5. The predicted octanol–water partition coefficient (Wildman–Crippen LogP) is 1.77. The number of nitrogens with zero attached hydrogens (tertiary/aromatic N) is 3. The standard InChI is InChI=1S/C20H17N3O4/c1-27-20(26)14-6-7-17-13(10-14)8-9-23(17)18(24)11-22-12-21-16-5-3-2-4-15(16)19(22)25/h2-7,10,12H,8-9,11H2,1H3. The van der Waals surface area contributed by atoms with Gasteiger partial charge in [0.2, 0.25) is 5.91 Å². The van der Waals surface area contributed by atoms with E-state index in [1.807, 2.05) is 6.07 Å². The molecule has 7 nitrogen and oxygen atoms in total. The van der Waals surface area contributed by atoms with E-state index in [4.69, 9.17) is 4.74 Å². The summed E-state index contributed by atoms with van der Waals surface area (Å²) in [7, 11) is 1.33. The normalized spacial score (nSPS) is 12.9. The zero-order valence-corrected chi connectivity index (χ0v) is 14.7. The number of methoxy groups -OCH3 is 1. The summed E-state index contributed by atoms with van der Waals surface area (Å²) in [6.45, 7) is 0.420. The fourth-order valence-electron chi connectivity index (χ4n) is 3.36. The van der Waals surface area contributed by atoms with Crippen LogP contribution in [0.1, 0.15) is 15.9 Å². The molecule has 0 fully saturated rings. The molecule has 0 aliphatic carbocycles. The van der Waals surface area contributed by atoms with E-state index in [0.29, 0.717) is 29.4 Å². The number of ether oxygens (including phenoxy) is 1. The van der Waals surface area contributed by atoms with Crippen LogP contribution in [0.2, 0.25) is 0 Å². The maximum atomic E-state index is 12.8. The number of hydrogen-bond acceptors (Lipinski definition) is 5. The maximum absolute atomic E-state index is 12.8. The number of carbonyl (C=O) groups is 2. The molecule has 2 aromatic carbocycles. The Morgan fingerprint density at radius 3 is 2.81 bits per heavy atom. The number of hydrogen-bond donors (Lipinski definition) is 0. The third-order valence-corrected chi connectivity index (χ3v) is 4.73. The van der Waals surface area contributed by atoms with Crippen molar-refractivity contribution >= 4 is 28.5 Å². The van der Waals surface area contributed by atoms with Crippen LogP contribution >= 0.6 is 0 Å². The molecule has 3 aromatic rings. The molecular weight excluding hydrogens is 346 g/mol. The average Bonchev–Trinajstić information content (AvgIpc) is 3.13. The molecule has 1 amide bonds. The van der Waals surface area contributed by atoms with Crippen molar-refractivity contribution in [3.05, 3.63) is 70.3 Å². The minimum absolute atomic E-state index is 0.0884. The van der Waals surface area contributed by atoms with Crippen LogP contribution in [-0.4, -0.2) is 35.1 Å². The second kappa shape index (κ2) is 6.68. The molecule has 1 aliphatic rings. The number of amides is 1. The molecule has 0 saturated carbocycles. The van der Waals surface area contributed by atoms with E-state index in [2.05, 4.69) is 4.98 Å². The topological polar surface area (TPSA) is 81.5 Å². The van der Waals surface area contributed by atoms with Gasteiger partial charge in [0, 0.05) is 12.2 Å². The second-order valence-corrected chi connectivity index (χ2v) is 6.33. The highest BCUT2D eigenvalue weighted by Crippen LogP contribution is 2.29. The largest absolute Gasteiger partial charge is 0.465 e. The third kappa shape index (κ3) is 2.97. The first kappa shape index (κ1) is 17.0. The lowest BCUT2D eigenvalue weighted by molar-refractivity contribution is -0.119. The summed E-state index contributed by atoms with van der Waals surface area (Å²) in [5, 5.41) is 0.484. The molecular formula is C20H17N3O4. The zero-order chi connectivity index (χ0) is 19.0. The third-order valence-electron chi connectivity index (χ3n) is 4.73. The van der Waals surface area contributed by atoms with Gasteiger partial charge in [-0.15, -0.1) is 0 Å². The number of carbonyl (C=O) groups excluding carboxylic acids is 2. The van der Waals surface area contributed by atoms with Crippen LogP contribution in [-0.2, 0) is 22.5 Å². The van der Waals surface area contributed by atoms with Crippen molar-refractivity contribution in [1.29, 1.82) is 0 Å². The van der Waals surface area contributed by atoms with Gasteiger partial charge in [0.05, 0.1) is 29.9 Å². The van der Waals surface area contributed by atoms with Crippen molar-refractivity contribution in [2.45, 2.75) is 13.0 Å². The Kier molecular flexibility index (Phi) is 4.19. The number of para-hydroxylation sites is 1. The quantitative estimate of drug-likeness (QED) is 0.663. The molecule has 0 radical (unpaired) electrons. The number of anilines is 1. The highest BCUT2D eigenvalue weighted by Gasteiger charge is 2.26. The number of fused-ring (bicyclic) bond motifs is 2. The van der Waals surface area contributed by atoms with E-state index in [1.165, 1.54) is 18.0 Å². The first-order valence-electron chi connectivity index (χ1n) is 8.54. The second-order valence-electron chi connectivity index (χ2n) is 6.33. The minimum Gasteiger partial charge on any atom is -0.465 e. The first-order valence-corrected chi connectivity index (χ1v) is 8.54. The van der Waals surface area contributed by atoms with Gasteiger partial charge in [-0.05, 0) is 42.3 Å². The molecule has 4 rings (SSSR count). The van der Waals surface area contributed by atoms with Crippen molar-refractivity contribution < 1.29 is 14.3 Å². The van der Waals surface area contributed by atoms with Gasteiger partial charge >= 0.3 is 5.97 Å². The summed E-state index contributed by atoms with van der Waals surface area (Å²) in [5.74, 6) is -0.602. The average molecular weight is 363 g/mol. The minimum atomic E-state index is -0.406. The Labute approximate surface area is 154 Å². The van der Waals surface area contributed by atoms with Crippen LogP contribution in [0, 0.1) is 0 Å².